The van der Waals surface area contributed by atoms with E-state index in [4.69, 9.17) is 9.26 Å². The number of para-hydroxylation sites is 2. The molecule has 0 aliphatic rings. The van der Waals surface area contributed by atoms with Crippen LogP contribution in [0.15, 0.2) is 57.9 Å². The Balaban J connectivity index is 1.77. The lowest BCUT2D eigenvalue weighted by Gasteiger charge is -2.11. The minimum absolute atomic E-state index is 0.113. The molecule has 162 valence electrons. The predicted octanol–water partition coefficient (Wildman–Crippen LogP) is 4.31. The number of carbonyl (C=O) groups excluding carboxylic acids is 1. The Labute approximate surface area is 181 Å². The lowest BCUT2D eigenvalue weighted by molar-refractivity contribution is -0.115. The van der Waals surface area contributed by atoms with E-state index in [9.17, 15) is 13.2 Å². The third kappa shape index (κ3) is 5.32. The van der Waals surface area contributed by atoms with Crippen LogP contribution in [-0.2, 0) is 14.8 Å². The van der Waals surface area contributed by atoms with E-state index in [2.05, 4.69) is 15.2 Å². The normalized spacial score (nSPS) is 11.5. The molecular formula is C22H23N3O5S. The fraction of sp³-hybridized carbons (Fsp3) is 0.182. The SMILES string of the molecule is CCC(=O)Nc1c(C)noc1/C=C\c1ccc(S(=O)(=O)Nc2ccccc2OC)cc1. The fourth-order valence-electron chi connectivity index (χ4n) is 2.74. The van der Waals surface area contributed by atoms with Crippen molar-refractivity contribution < 1.29 is 22.5 Å². The van der Waals surface area contributed by atoms with Crippen molar-refractivity contribution >= 4 is 39.5 Å². The molecule has 2 aromatic carbocycles. The lowest BCUT2D eigenvalue weighted by atomic mass is 10.2. The largest absolute Gasteiger partial charge is 0.495 e. The highest BCUT2D eigenvalue weighted by atomic mass is 32.2. The molecule has 0 unspecified atom stereocenters. The zero-order chi connectivity index (χ0) is 22.4. The number of nitrogens with zero attached hydrogens (tertiary/aromatic N) is 1. The van der Waals surface area contributed by atoms with Gasteiger partial charge in [0.15, 0.2) is 5.76 Å². The smallest absolute Gasteiger partial charge is 0.262 e. The maximum atomic E-state index is 12.7. The highest BCUT2D eigenvalue weighted by molar-refractivity contribution is 7.92. The summed E-state index contributed by atoms with van der Waals surface area (Å²) >= 11 is 0. The number of sulfonamides is 1. The van der Waals surface area contributed by atoms with Gasteiger partial charge in [0.05, 0.1) is 17.7 Å². The molecule has 0 aliphatic carbocycles. The molecule has 2 N–H and O–H groups in total. The number of ether oxygens (including phenoxy) is 1. The second-order valence-electron chi connectivity index (χ2n) is 6.62. The molecule has 0 radical (unpaired) electrons. The van der Waals surface area contributed by atoms with E-state index in [1.165, 1.54) is 19.2 Å². The van der Waals surface area contributed by atoms with Crippen molar-refractivity contribution in [3.05, 3.63) is 65.5 Å². The summed E-state index contributed by atoms with van der Waals surface area (Å²) in [5.41, 5.74) is 2.20. The van der Waals surface area contributed by atoms with Crippen LogP contribution in [0, 0.1) is 6.92 Å². The van der Waals surface area contributed by atoms with Gasteiger partial charge in [0.1, 0.15) is 17.1 Å². The second-order valence-corrected chi connectivity index (χ2v) is 8.30. The number of anilines is 2. The van der Waals surface area contributed by atoms with E-state index in [-0.39, 0.29) is 10.8 Å². The number of amides is 1. The Morgan fingerprint density at radius 2 is 1.84 bits per heavy atom. The molecule has 0 spiro atoms. The summed E-state index contributed by atoms with van der Waals surface area (Å²) in [4.78, 5) is 11.8. The van der Waals surface area contributed by atoms with E-state index >= 15 is 0 Å². The van der Waals surface area contributed by atoms with Crippen LogP contribution in [0.4, 0.5) is 11.4 Å². The van der Waals surface area contributed by atoms with Gasteiger partial charge in [0.2, 0.25) is 5.91 Å². The maximum Gasteiger partial charge on any atom is 0.262 e. The van der Waals surface area contributed by atoms with Crippen molar-refractivity contribution in [2.45, 2.75) is 25.2 Å². The van der Waals surface area contributed by atoms with Gasteiger partial charge in [0, 0.05) is 6.42 Å². The van der Waals surface area contributed by atoms with E-state index in [1.807, 2.05) is 0 Å². The minimum Gasteiger partial charge on any atom is -0.495 e. The van der Waals surface area contributed by atoms with Gasteiger partial charge in [-0.1, -0.05) is 42.4 Å². The average Bonchev–Trinajstić information content (AvgIpc) is 3.11. The van der Waals surface area contributed by atoms with Gasteiger partial charge in [0.25, 0.3) is 10.0 Å². The van der Waals surface area contributed by atoms with E-state index in [0.29, 0.717) is 35.0 Å². The summed E-state index contributed by atoms with van der Waals surface area (Å²) in [6, 6.07) is 13.1. The van der Waals surface area contributed by atoms with Crippen LogP contribution in [0.5, 0.6) is 5.75 Å². The van der Waals surface area contributed by atoms with Gasteiger partial charge < -0.3 is 14.6 Å². The maximum absolute atomic E-state index is 12.7. The summed E-state index contributed by atoms with van der Waals surface area (Å²) in [5, 5.41) is 6.64. The van der Waals surface area contributed by atoms with Crippen molar-refractivity contribution in [3.8, 4) is 5.75 Å². The highest BCUT2D eigenvalue weighted by Gasteiger charge is 2.16. The molecule has 3 rings (SSSR count). The van der Waals surface area contributed by atoms with Crippen molar-refractivity contribution in [1.29, 1.82) is 0 Å². The highest BCUT2D eigenvalue weighted by Crippen LogP contribution is 2.27. The zero-order valence-corrected chi connectivity index (χ0v) is 18.2. The summed E-state index contributed by atoms with van der Waals surface area (Å²) in [6.07, 6.45) is 3.75. The number of aryl methyl sites for hydroxylation is 1. The van der Waals surface area contributed by atoms with Crippen LogP contribution in [0.3, 0.4) is 0 Å². The van der Waals surface area contributed by atoms with Crippen molar-refractivity contribution in [1.82, 2.24) is 5.16 Å². The van der Waals surface area contributed by atoms with Gasteiger partial charge in [-0.15, -0.1) is 0 Å². The monoisotopic (exact) mass is 441 g/mol. The molecule has 0 saturated carbocycles. The van der Waals surface area contributed by atoms with Gasteiger partial charge in [-0.25, -0.2) is 8.42 Å². The first-order chi connectivity index (χ1) is 14.8. The fourth-order valence-corrected chi connectivity index (χ4v) is 3.81. The van der Waals surface area contributed by atoms with Gasteiger partial charge in [-0.05, 0) is 42.8 Å². The van der Waals surface area contributed by atoms with E-state index in [1.54, 1.807) is 62.4 Å². The Hall–Kier alpha value is -3.59. The topological polar surface area (TPSA) is 111 Å². The van der Waals surface area contributed by atoms with Crippen LogP contribution in [0.1, 0.15) is 30.4 Å². The summed E-state index contributed by atoms with van der Waals surface area (Å²) in [7, 11) is -2.30. The molecule has 0 aliphatic heterocycles. The number of hydrogen-bond acceptors (Lipinski definition) is 6. The molecule has 0 bridgehead atoms. The third-order valence-electron chi connectivity index (χ3n) is 4.44. The Morgan fingerprint density at radius 1 is 1.13 bits per heavy atom. The third-order valence-corrected chi connectivity index (χ3v) is 5.82. The molecule has 1 amide bonds. The Morgan fingerprint density at radius 3 is 2.52 bits per heavy atom. The number of carbonyl (C=O) groups is 1. The lowest BCUT2D eigenvalue weighted by Crippen LogP contribution is -2.13. The van der Waals surface area contributed by atoms with Crippen LogP contribution in [0.25, 0.3) is 12.2 Å². The van der Waals surface area contributed by atoms with Gasteiger partial charge in [-0.2, -0.15) is 0 Å². The first-order valence-corrected chi connectivity index (χ1v) is 11.0. The first kappa shape index (κ1) is 22.1. The van der Waals surface area contributed by atoms with E-state index < -0.39 is 10.0 Å². The molecular weight excluding hydrogens is 418 g/mol. The average molecular weight is 442 g/mol. The second kappa shape index (κ2) is 9.48. The molecule has 9 heteroatoms. The Bertz CT molecular complexity index is 1200. The Kier molecular flexibility index (Phi) is 6.76. The summed E-state index contributed by atoms with van der Waals surface area (Å²) < 4.78 is 38.4. The van der Waals surface area contributed by atoms with Crippen molar-refractivity contribution in [2.24, 2.45) is 0 Å². The van der Waals surface area contributed by atoms with Gasteiger partial charge >= 0.3 is 0 Å². The van der Waals surface area contributed by atoms with Crippen LogP contribution < -0.4 is 14.8 Å². The molecule has 0 saturated heterocycles. The molecule has 0 atom stereocenters. The number of methoxy groups -OCH3 is 1. The number of aromatic nitrogens is 1. The van der Waals surface area contributed by atoms with Crippen LogP contribution >= 0.6 is 0 Å². The molecule has 1 aromatic heterocycles. The summed E-state index contributed by atoms with van der Waals surface area (Å²) in [6.45, 7) is 3.49. The predicted molar refractivity (Wildman–Crippen MR) is 119 cm³/mol. The number of rotatable bonds is 8. The van der Waals surface area contributed by atoms with E-state index in [0.717, 1.165) is 5.56 Å². The minimum atomic E-state index is -3.78. The first-order valence-electron chi connectivity index (χ1n) is 9.54. The van der Waals surface area contributed by atoms with Crippen LogP contribution in [0.2, 0.25) is 0 Å². The van der Waals surface area contributed by atoms with Crippen molar-refractivity contribution in [2.75, 3.05) is 17.1 Å². The van der Waals surface area contributed by atoms with Gasteiger partial charge in [-0.3, -0.25) is 9.52 Å². The summed E-state index contributed by atoms with van der Waals surface area (Å²) in [5.74, 6) is 0.700. The number of hydrogen-bond donors (Lipinski definition) is 2. The molecule has 1 heterocycles. The van der Waals surface area contributed by atoms with Crippen LogP contribution in [-0.4, -0.2) is 26.6 Å². The van der Waals surface area contributed by atoms with Crippen molar-refractivity contribution in [3.63, 3.8) is 0 Å². The molecule has 0 fully saturated rings. The quantitative estimate of drug-likeness (QED) is 0.539. The molecule has 8 nitrogen and oxygen atoms in total. The standard InChI is InChI=1S/C22H23N3O5S/c1-4-21(26)23-22-15(2)24-30-20(22)14-11-16-9-12-17(13-10-16)31(27,28)25-18-7-5-6-8-19(18)29-3/h5-14,25H,4H2,1-3H3,(H,23,26)/b14-11-. The number of benzene rings is 2. The number of nitrogens with one attached hydrogen (secondary N) is 2. The zero-order valence-electron chi connectivity index (χ0n) is 17.4. The molecule has 31 heavy (non-hydrogen) atoms. The molecule has 3 aromatic rings.